The van der Waals surface area contributed by atoms with E-state index in [1.807, 2.05) is 16.2 Å². The molecule has 20 heavy (non-hydrogen) atoms. The third kappa shape index (κ3) is 2.27. The molecular formula is C13H13ClFN5. The third-order valence-electron chi connectivity index (χ3n) is 3.27. The molecule has 7 heteroatoms. The summed E-state index contributed by atoms with van der Waals surface area (Å²) in [4.78, 5) is 4.36. The first-order valence-electron chi connectivity index (χ1n) is 6.22. The molecule has 0 atom stereocenters. The number of hydrogen-bond donors (Lipinski definition) is 0. The Morgan fingerprint density at radius 1 is 1.30 bits per heavy atom. The zero-order valence-electron chi connectivity index (χ0n) is 10.9. The molecule has 3 rings (SSSR count). The molecule has 2 aromatic heterocycles. The molecule has 0 aliphatic heterocycles. The number of aryl methyl sites for hydroxylation is 3. The van der Waals surface area contributed by atoms with E-state index in [1.165, 1.54) is 12.1 Å². The lowest BCUT2D eigenvalue weighted by Gasteiger charge is -2.07. The number of fused-ring (bicyclic) bond motifs is 1. The van der Waals surface area contributed by atoms with Gasteiger partial charge in [-0.05, 0) is 12.1 Å². The molecule has 5 nitrogen and oxygen atoms in total. The van der Waals surface area contributed by atoms with E-state index in [9.17, 15) is 4.39 Å². The first-order chi connectivity index (χ1) is 9.69. The van der Waals surface area contributed by atoms with Crippen LogP contribution in [0.5, 0.6) is 0 Å². The Hall–Kier alpha value is -1.95. The van der Waals surface area contributed by atoms with Gasteiger partial charge in [0.1, 0.15) is 23.8 Å². The highest BCUT2D eigenvalue weighted by atomic mass is 35.5. The van der Waals surface area contributed by atoms with E-state index in [2.05, 4.69) is 15.2 Å². The Labute approximate surface area is 120 Å². The summed E-state index contributed by atoms with van der Waals surface area (Å²) in [6.07, 6.45) is 2.38. The summed E-state index contributed by atoms with van der Waals surface area (Å²) in [6, 6.07) is 4.58. The van der Waals surface area contributed by atoms with Crippen LogP contribution in [0.4, 0.5) is 4.39 Å². The van der Waals surface area contributed by atoms with E-state index in [-0.39, 0.29) is 11.7 Å². The summed E-state index contributed by atoms with van der Waals surface area (Å²) in [7, 11) is 1.90. The Kier molecular flexibility index (Phi) is 3.40. The standard InChI is InChI=1S/C13H13ClFN5/c1-19-8-16-18-12(19)4-5-20-11-3-2-9(15)6-10(11)17-13(20)7-14/h2-3,6,8H,4-5,7H2,1H3. The van der Waals surface area contributed by atoms with Gasteiger partial charge >= 0.3 is 0 Å². The van der Waals surface area contributed by atoms with Crippen LogP contribution in [-0.2, 0) is 25.9 Å². The number of benzene rings is 1. The van der Waals surface area contributed by atoms with E-state index in [4.69, 9.17) is 11.6 Å². The maximum Gasteiger partial charge on any atom is 0.134 e. The van der Waals surface area contributed by atoms with Crippen molar-refractivity contribution in [2.24, 2.45) is 7.05 Å². The smallest absolute Gasteiger partial charge is 0.134 e. The first-order valence-corrected chi connectivity index (χ1v) is 6.76. The van der Waals surface area contributed by atoms with Crippen molar-refractivity contribution >= 4 is 22.6 Å². The van der Waals surface area contributed by atoms with Gasteiger partial charge in [-0.25, -0.2) is 9.37 Å². The summed E-state index contributed by atoms with van der Waals surface area (Å²) in [6.45, 7) is 0.677. The molecule has 0 fully saturated rings. The van der Waals surface area contributed by atoms with Crippen molar-refractivity contribution < 1.29 is 4.39 Å². The van der Waals surface area contributed by atoms with Crippen LogP contribution < -0.4 is 0 Å². The van der Waals surface area contributed by atoms with Crippen LogP contribution in [0.15, 0.2) is 24.5 Å². The second-order valence-electron chi connectivity index (χ2n) is 4.55. The highest BCUT2D eigenvalue weighted by Gasteiger charge is 2.11. The summed E-state index contributed by atoms with van der Waals surface area (Å²) in [5, 5.41) is 7.90. The van der Waals surface area contributed by atoms with E-state index >= 15 is 0 Å². The van der Waals surface area contributed by atoms with E-state index in [1.54, 1.807) is 12.4 Å². The lowest BCUT2D eigenvalue weighted by Crippen LogP contribution is -2.08. The molecule has 0 amide bonds. The number of imidazole rings is 1. The lowest BCUT2D eigenvalue weighted by atomic mass is 10.3. The molecule has 0 aliphatic carbocycles. The molecule has 104 valence electrons. The molecule has 0 aliphatic rings. The van der Waals surface area contributed by atoms with Crippen LogP contribution in [-0.4, -0.2) is 24.3 Å². The molecule has 0 saturated carbocycles. The van der Waals surface area contributed by atoms with Crippen LogP contribution in [0.2, 0.25) is 0 Å². The number of halogens is 2. The predicted molar refractivity (Wildman–Crippen MR) is 74.0 cm³/mol. The maximum atomic E-state index is 13.2. The molecule has 0 unspecified atom stereocenters. The molecule has 0 bridgehead atoms. The van der Waals surface area contributed by atoms with Gasteiger partial charge < -0.3 is 9.13 Å². The summed E-state index contributed by atoms with van der Waals surface area (Å²) in [5.41, 5.74) is 1.50. The SMILES string of the molecule is Cn1cnnc1CCn1c(CCl)nc2cc(F)ccc21. The minimum absolute atomic E-state index is 0.287. The zero-order valence-corrected chi connectivity index (χ0v) is 11.7. The van der Waals surface area contributed by atoms with Crippen molar-refractivity contribution in [2.75, 3.05) is 0 Å². The Morgan fingerprint density at radius 2 is 2.15 bits per heavy atom. The maximum absolute atomic E-state index is 13.2. The molecular weight excluding hydrogens is 281 g/mol. The molecule has 0 N–H and O–H groups in total. The third-order valence-corrected chi connectivity index (χ3v) is 3.51. The van der Waals surface area contributed by atoms with Gasteiger partial charge in [0.25, 0.3) is 0 Å². The van der Waals surface area contributed by atoms with Gasteiger partial charge in [0, 0.05) is 26.1 Å². The minimum atomic E-state index is -0.295. The Morgan fingerprint density at radius 3 is 2.85 bits per heavy atom. The average Bonchev–Trinajstić information content (AvgIpc) is 2.99. The lowest BCUT2D eigenvalue weighted by molar-refractivity contribution is 0.628. The number of alkyl halides is 1. The molecule has 0 spiro atoms. The van der Waals surface area contributed by atoms with Gasteiger partial charge in [-0.1, -0.05) is 0 Å². The number of rotatable bonds is 4. The number of nitrogens with zero attached hydrogens (tertiary/aromatic N) is 5. The van der Waals surface area contributed by atoms with Crippen LogP contribution in [0.1, 0.15) is 11.6 Å². The zero-order chi connectivity index (χ0) is 14.1. The van der Waals surface area contributed by atoms with Gasteiger partial charge in [0.15, 0.2) is 0 Å². The van der Waals surface area contributed by atoms with Gasteiger partial charge in [0.05, 0.1) is 16.9 Å². The molecule has 0 radical (unpaired) electrons. The molecule has 1 aromatic carbocycles. The largest absolute Gasteiger partial charge is 0.327 e. The van der Waals surface area contributed by atoms with Crippen molar-refractivity contribution in [3.8, 4) is 0 Å². The molecule has 3 aromatic rings. The summed E-state index contributed by atoms with van der Waals surface area (Å²) in [5.74, 6) is 1.61. The second-order valence-corrected chi connectivity index (χ2v) is 4.82. The van der Waals surface area contributed by atoms with Crippen molar-refractivity contribution in [2.45, 2.75) is 18.8 Å². The molecule has 0 saturated heterocycles. The fraction of sp³-hybridized carbons (Fsp3) is 0.308. The van der Waals surface area contributed by atoms with Crippen molar-refractivity contribution in [1.29, 1.82) is 0 Å². The predicted octanol–water partition coefficient (Wildman–Crippen LogP) is 2.29. The van der Waals surface area contributed by atoms with Crippen molar-refractivity contribution in [3.05, 3.63) is 42.0 Å². The van der Waals surface area contributed by atoms with Gasteiger partial charge in [-0.2, -0.15) is 0 Å². The quantitative estimate of drug-likeness (QED) is 0.694. The number of aromatic nitrogens is 5. The van der Waals surface area contributed by atoms with Crippen LogP contribution in [0, 0.1) is 5.82 Å². The monoisotopic (exact) mass is 293 g/mol. The number of hydrogen-bond acceptors (Lipinski definition) is 3. The normalized spacial score (nSPS) is 11.3. The topological polar surface area (TPSA) is 48.5 Å². The van der Waals surface area contributed by atoms with Gasteiger partial charge in [-0.15, -0.1) is 21.8 Å². The fourth-order valence-corrected chi connectivity index (χ4v) is 2.45. The van der Waals surface area contributed by atoms with Crippen LogP contribution in [0.3, 0.4) is 0 Å². The van der Waals surface area contributed by atoms with Crippen molar-refractivity contribution in [3.63, 3.8) is 0 Å². The van der Waals surface area contributed by atoms with E-state index in [0.29, 0.717) is 18.5 Å². The first kappa shape index (κ1) is 13.1. The van der Waals surface area contributed by atoms with Crippen molar-refractivity contribution in [1.82, 2.24) is 24.3 Å². The average molecular weight is 294 g/mol. The van der Waals surface area contributed by atoms with Crippen LogP contribution >= 0.6 is 11.6 Å². The second kappa shape index (κ2) is 5.20. The van der Waals surface area contributed by atoms with E-state index < -0.39 is 0 Å². The Balaban J connectivity index is 1.95. The molecule has 2 heterocycles. The summed E-state index contributed by atoms with van der Waals surface area (Å²) < 4.78 is 17.1. The highest BCUT2D eigenvalue weighted by molar-refractivity contribution is 6.16. The van der Waals surface area contributed by atoms with Gasteiger partial charge in [0.2, 0.25) is 0 Å². The fourth-order valence-electron chi connectivity index (χ4n) is 2.25. The van der Waals surface area contributed by atoms with Gasteiger partial charge in [-0.3, -0.25) is 0 Å². The van der Waals surface area contributed by atoms with Crippen LogP contribution in [0.25, 0.3) is 11.0 Å². The van der Waals surface area contributed by atoms with E-state index in [0.717, 1.165) is 17.2 Å². The summed E-state index contributed by atoms with van der Waals surface area (Å²) >= 11 is 5.92. The minimum Gasteiger partial charge on any atom is -0.327 e. The Bertz CT molecular complexity index is 748. The highest BCUT2D eigenvalue weighted by Crippen LogP contribution is 2.19.